The summed E-state index contributed by atoms with van der Waals surface area (Å²) in [5, 5.41) is 0. The molecule has 1 aromatic carbocycles. The van der Waals surface area contributed by atoms with Gasteiger partial charge in [0.25, 0.3) is 0 Å². The lowest BCUT2D eigenvalue weighted by molar-refractivity contribution is -0.275. The van der Waals surface area contributed by atoms with E-state index >= 15 is 0 Å². The maximum absolute atomic E-state index is 12.2. The molecule has 0 aliphatic heterocycles. The highest BCUT2D eigenvalue weighted by Gasteiger charge is 2.32. The van der Waals surface area contributed by atoms with Crippen molar-refractivity contribution in [1.29, 1.82) is 0 Å². The van der Waals surface area contributed by atoms with E-state index < -0.39 is 12.4 Å². The molecule has 0 saturated carbocycles. The highest BCUT2D eigenvalue weighted by molar-refractivity contribution is 9.10. The van der Waals surface area contributed by atoms with Crippen molar-refractivity contribution < 1.29 is 17.9 Å². The van der Waals surface area contributed by atoms with Crippen molar-refractivity contribution in [2.75, 3.05) is 6.54 Å². The van der Waals surface area contributed by atoms with Crippen LogP contribution in [0.5, 0.6) is 5.75 Å². The van der Waals surface area contributed by atoms with Gasteiger partial charge in [-0.15, -0.1) is 25.6 Å². The fourth-order valence-corrected chi connectivity index (χ4v) is 1.74. The molecule has 0 fully saturated rings. The Morgan fingerprint density at radius 3 is 2.44 bits per heavy atom. The summed E-state index contributed by atoms with van der Waals surface area (Å²) in [7, 11) is 0. The van der Waals surface area contributed by atoms with E-state index in [4.69, 9.17) is 11.5 Å². The van der Waals surface area contributed by atoms with E-state index in [1.54, 1.807) is 0 Å². The van der Waals surface area contributed by atoms with Crippen molar-refractivity contribution in [2.24, 2.45) is 11.5 Å². The molecule has 3 nitrogen and oxygen atoms in total. The SMILES string of the molecule is Cl.NCC[C@@H](N)c1cc(Br)ccc1OC(F)(F)F. The summed E-state index contributed by atoms with van der Waals surface area (Å²) >= 11 is 3.17. The lowest BCUT2D eigenvalue weighted by Gasteiger charge is -2.17. The first kappa shape index (κ1) is 17.5. The highest BCUT2D eigenvalue weighted by atomic mass is 79.9. The van der Waals surface area contributed by atoms with Crippen LogP contribution in [0.1, 0.15) is 18.0 Å². The van der Waals surface area contributed by atoms with Gasteiger partial charge in [0, 0.05) is 16.1 Å². The minimum Gasteiger partial charge on any atom is -0.405 e. The fraction of sp³-hybridized carbons (Fsp3) is 0.400. The van der Waals surface area contributed by atoms with Crippen LogP contribution in [0.3, 0.4) is 0 Å². The average Bonchev–Trinajstić information content (AvgIpc) is 2.19. The molecular formula is C10H13BrClF3N2O. The molecule has 1 rings (SSSR count). The third-order valence-electron chi connectivity index (χ3n) is 2.07. The van der Waals surface area contributed by atoms with Crippen LogP contribution in [0.15, 0.2) is 22.7 Å². The quantitative estimate of drug-likeness (QED) is 0.878. The third-order valence-corrected chi connectivity index (χ3v) is 2.57. The molecule has 4 N–H and O–H groups in total. The lowest BCUT2D eigenvalue weighted by atomic mass is 10.0. The van der Waals surface area contributed by atoms with Crippen molar-refractivity contribution >= 4 is 28.3 Å². The van der Waals surface area contributed by atoms with Gasteiger partial charge in [0.2, 0.25) is 0 Å². The molecule has 104 valence electrons. The van der Waals surface area contributed by atoms with Gasteiger partial charge in [-0.2, -0.15) is 0 Å². The van der Waals surface area contributed by atoms with Crippen LogP contribution in [-0.2, 0) is 0 Å². The van der Waals surface area contributed by atoms with Crippen LogP contribution in [0.4, 0.5) is 13.2 Å². The molecule has 0 saturated heterocycles. The zero-order chi connectivity index (χ0) is 13.1. The zero-order valence-corrected chi connectivity index (χ0v) is 11.6. The molecule has 0 aliphatic carbocycles. The van der Waals surface area contributed by atoms with Crippen LogP contribution >= 0.6 is 28.3 Å². The molecule has 0 aromatic heterocycles. The van der Waals surface area contributed by atoms with Crippen molar-refractivity contribution in [2.45, 2.75) is 18.8 Å². The van der Waals surface area contributed by atoms with Crippen molar-refractivity contribution in [1.82, 2.24) is 0 Å². The minimum atomic E-state index is -4.73. The van der Waals surface area contributed by atoms with E-state index in [1.807, 2.05) is 0 Å². The molecule has 8 heteroatoms. The van der Waals surface area contributed by atoms with Crippen LogP contribution in [0.2, 0.25) is 0 Å². The lowest BCUT2D eigenvalue weighted by Crippen LogP contribution is -2.21. The van der Waals surface area contributed by atoms with Gasteiger partial charge in [0.15, 0.2) is 0 Å². The first-order chi connectivity index (χ1) is 7.83. The molecular weight excluding hydrogens is 336 g/mol. The van der Waals surface area contributed by atoms with E-state index in [1.165, 1.54) is 18.2 Å². The van der Waals surface area contributed by atoms with E-state index in [0.29, 0.717) is 17.4 Å². The van der Waals surface area contributed by atoms with E-state index in [9.17, 15) is 13.2 Å². The number of ether oxygens (including phenoxy) is 1. The zero-order valence-electron chi connectivity index (χ0n) is 9.21. The summed E-state index contributed by atoms with van der Waals surface area (Å²) in [6, 6.07) is 3.60. The number of hydrogen-bond acceptors (Lipinski definition) is 3. The Morgan fingerprint density at radius 1 is 1.33 bits per heavy atom. The van der Waals surface area contributed by atoms with Gasteiger partial charge in [0.1, 0.15) is 5.75 Å². The Morgan fingerprint density at radius 2 is 1.94 bits per heavy atom. The van der Waals surface area contributed by atoms with E-state index in [0.717, 1.165) is 0 Å². The van der Waals surface area contributed by atoms with Gasteiger partial charge in [-0.1, -0.05) is 15.9 Å². The van der Waals surface area contributed by atoms with Crippen molar-refractivity contribution in [3.8, 4) is 5.75 Å². The summed E-state index contributed by atoms with van der Waals surface area (Å²) in [5.41, 5.74) is 11.4. The number of rotatable bonds is 4. The molecule has 0 aliphatic rings. The van der Waals surface area contributed by atoms with Gasteiger partial charge in [-0.25, -0.2) is 0 Å². The second-order valence-corrected chi connectivity index (χ2v) is 4.33. The number of benzene rings is 1. The van der Waals surface area contributed by atoms with E-state index in [-0.39, 0.29) is 23.7 Å². The van der Waals surface area contributed by atoms with Gasteiger partial charge in [-0.05, 0) is 31.2 Å². The number of hydrogen-bond donors (Lipinski definition) is 2. The Hall–Kier alpha value is -0.500. The van der Waals surface area contributed by atoms with Crippen molar-refractivity contribution in [3.63, 3.8) is 0 Å². The summed E-state index contributed by atoms with van der Waals surface area (Å²) in [5.74, 6) is -0.290. The van der Waals surface area contributed by atoms with E-state index in [2.05, 4.69) is 20.7 Å². The van der Waals surface area contributed by atoms with Crippen molar-refractivity contribution in [3.05, 3.63) is 28.2 Å². The minimum absolute atomic E-state index is 0. The maximum Gasteiger partial charge on any atom is 0.573 e. The van der Waals surface area contributed by atoms with Crippen LogP contribution < -0.4 is 16.2 Å². The predicted molar refractivity (Wildman–Crippen MR) is 68.7 cm³/mol. The summed E-state index contributed by atoms with van der Waals surface area (Å²) in [6.45, 7) is 0.291. The number of nitrogens with two attached hydrogens (primary N) is 2. The maximum atomic E-state index is 12.2. The normalized spacial score (nSPS) is 12.8. The molecule has 0 bridgehead atoms. The number of halogens is 5. The molecule has 0 heterocycles. The highest BCUT2D eigenvalue weighted by Crippen LogP contribution is 2.32. The largest absolute Gasteiger partial charge is 0.573 e. The Balaban J connectivity index is 0.00000289. The summed E-state index contributed by atoms with van der Waals surface area (Å²) in [4.78, 5) is 0. The third kappa shape index (κ3) is 5.43. The first-order valence-corrected chi connectivity index (χ1v) is 5.63. The molecule has 0 amide bonds. The van der Waals surface area contributed by atoms with Crippen LogP contribution in [0.25, 0.3) is 0 Å². The second-order valence-electron chi connectivity index (χ2n) is 3.41. The molecule has 0 spiro atoms. The molecule has 0 radical (unpaired) electrons. The molecule has 1 atom stereocenters. The second kappa shape index (κ2) is 7.18. The summed E-state index contributed by atoms with van der Waals surface area (Å²) < 4.78 is 41.1. The Labute approximate surface area is 117 Å². The molecule has 18 heavy (non-hydrogen) atoms. The topological polar surface area (TPSA) is 61.3 Å². The van der Waals surface area contributed by atoms with Gasteiger partial charge >= 0.3 is 6.36 Å². The average molecular weight is 350 g/mol. The van der Waals surface area contributed by atoms with Gasteiger partial charge < -0.3 is 16.2 Å². The smallest absolute Gasteiger partial charge is 0.405 e. The Bertz CT molecular complexity index is 390. The van der Waals surface area contributed by atoms with Crippen LogP contribution in [0, 0.1) is 0 Å². The standard InChI is InChI=1S/C10H12BrF3N2O.ClH/c11-6-1-2-9(17-10(12,13)14)7(5-6)8(16)3-4-15;/h1-2,5,8H,3-4,15-16H2;1H/t8-;/m1./s1. The van der Waals surface area contributed by atoms with Gasteiger partial charge in [-0.3, -0.25) is 0 Å². The Kier molecular flexibility index (Phi) is 6.98. The molecule has 1 aromatic rings. The van der Waals surface area contributed by atoms with Crippen LogP contribution in [-0.4, -0.2) is 12.9 Å². The molecule has 0 unspecified atom stereocenters. The first-order valence-electron chi connectivity index (χ1n) is 4.84. The summed E-state index contributed by atoms with van der Waals surface area (Å²) in [6.07, 6.45) is -4.35. The number of alkyl halides is 3. The fourth-order valence-electron chi connectivity index (χ4n) is 1.36. The monoisotopic (exact) mass is 348 g/mol. The predicted octanol–water partition coefficient (Wildman–Crippen LogP) is 3.12. The van der Waals surface area contributed by atoms with Gasteiger partial charge in [0.05, 0.1) is 0 Å².